The van der Waals surface area contributed by atoms with E-state index in [9.17, 15) is 0 Å². The summed E-state index contributed by atoms with van der Waals surface area (Å²) in [6, 6.07) is 2.71. The molecule has 0 aromatic carbocycles. The number of hydrogen-bond donors (Lipinski definition) is 1. The Kier molecular flexibility index (Phi) is 3.43. The smallest absolute Gasteiger partial charge is 0.141 e. The zero-order valence-electron chi connectivity index (χ0n) is 10.6. The van der Waals surface area contributed by atoms with Crippen LogP contribution in [0.5, 0.6) is 0 Å². The first-order valence-corrected chi connectivity index (χ1v) is 7.43. The number of rotatable bonds is 4. The van der Waals surface area contributed by atoms with Crippen molar-refractivity contribution in [2.75, 3.05) is 24.5 Å². The fraction of sp³-hybridized carbons (Fsp3) is 0.538. The third kappa shape index (κ3) is 2.08. The lowest BCUT2D eigenvalue weighted by Gasteiger charge is -2.26. The molecule has 0 spiro atoms. The van der Waals surface area contributed by atoms with Gasteiger partial charge in [-0.2, -0.15) is 0 Å². The van der Waals surface area contributed by atoms with Gasteiger partial charge in [-0.05, 0) is 30.8 Å². The van der Waals surface area contributed by atoms with Crippen LogP contribution in [0.15, 0.2) is 17.8 Å². The maximum absolute atomic E-state index is 4.51. The minimum Gasteiger partial charge on any atom is -0.352 e. The van der Waals surface area contributed by atoms with Gasteiger partial charge in [0.2, 0.25) is 0 Å². The van der Waals surface area contributed by atoms with E-state index in [1.54, 1.807) is 17.7 Å². The summed E-state index contributed by atoms with van der Waals surface area (Å²) in [4.78, 5) is 12.4. The van der Waals surface area contributed by atoms with Gasteiger partial charge in [0.15, 0.2) is 0 Å². The lowest BCUT2D eigenvalue weighted by atomic mass is 10.2. The summed E-state index contributed by atoms with van der Waals surface area (Å²) < 4.78 is 0. The molecule has 18 heavy (non-hydrogen) atoms. The van der Waals surface area contributed by atoms with Gasteiger partial charge < -0.3 is 10.2 Å². The molecule has 0 amide bonds. The normalized spacial score (nSPS) is 19.8. The monoisotopic (exact) mass is 262 g/mol. The average molecular weight is 262 g/mol. The van der Waals surface area contributed by atoms with Crippen molar-refractivity contribution in [1.29, 1.82) is 0 Å². The highest BCUT2D eigenvalue weighted by molar-refractivity contribution is 7.16. The van der Waals surface area contributed by atoms with Crippen molar-refractivity contribution in [2.45, 2.75) is 25.8 Å². The molecule has 2 aromatic heterocycles. The molecule has 5 heteroatoms. The van der Waals surface area contributed by atoms with Gasteiger partial charge in [-0.25, -0.2) is 9.97 Å². The predicted molar refractivity (Wildman–Crippen MR) is 76.3 cm³/mol. The van der Waals surface area contributed by atoms with Crippen molar-refractivity contribution in [1.82, 2.24) is 15.3 Å². The molecule has 3 heterocycles. The van der Waals surface area contributed by atoms with Crippen molar-refractivity contribution in [3.63, 3.8) is 0 Å². The first-order valence-electron chi connectivity index (χ1n) is 6.55. The Hall–Kier alpha value is -1.20. The van der Waals surface area contributed by atoms with E-state index < -0.39 is 0 Å². The molecule has 3 rings (SSSR count). The van der Waals surface area contributed by atoms with Gasteiger partial charge in [-0.15, -0.1) is 11.3 Å². The molecular weight excluding hydrogens is 244 g/mol. The fourth-order valence-corrected chi connectivity index (χ4v) is 3.37. The topological polar surface area (TPSA) is 41.0 Å². The molecule has 1 aliphatic rings. The van der Waals surface area contributed by atoms with Crippen LogP contribution in [-0.4, -0.2) is 35.6 Å². The summed E-state index contributed by atoms with van der Waals surface area (Å²) >= 11 is 1.69. The van der Waals surface area contributed by atoms with Crippen molar-refractivity contribution >= 4 is 27.4 Å². The molecule has 4 nitrogen and oxygen atoms in total. The third-order valence-electron chi connectivity index (χ3n) is 3.52. The number of likely N-dealkylation sites (N-methyl/N-ethyl adjacent to an activating group) is 1. The van der Waals surface area contributed by atoms with E-state index >= 15 is 0 Å². The molecule has 1 N–H and O–H groups in total. The zero-order chi connectivity index (χ0) is 12.4. The van der Waals surface area contributed by atoms with Gasteiger partial charge in [0, 0.05) is 19.1 Å². The number of hydrogen-bond acceptors (Lipinski definition) is 5. The number of nitrogens with zero attached hydrogens (tertiary/aromatic N) is 3. The largest absolute Gasteiger partial charge is 0.352 e. The maximum Gasteiger partial charge on any atom is 0.141 e. The first kappa shape index (κ1) is 11.9. The molecule has 0 aliphatic carbocycles. The van der Waals surface area contributed by atoms with Gasteiger partial charge in [0.05, 0.1) is 5.39 Å². The highest BCUT2D eigenvalue weighted by atomic mass is 32.1. The molecule has 1 saturated heterocycles. The number of fused-ring (bicyclic) bond motifs is 1. The molecule has 0 bridgehead atoms. The average Bonchev–Trinajstić information content (AvgIpc) is 3.04. The number of aromatic nitrogens is 2. The molecule has 0 radical (unpaired) electrons. The molecule has 2 aromatic rings. The van der Waals surface area contributed by atoms with E-state index in [2.05, 4.69) is 38.6 Å². The Morgan fingerprint density at radius 3 is 3.33 bits per heavy atom. The van der Waals surface area contributed by atoms with E-state index in [1.165, 1.54) is 18.2 Å². The van der Waals surface area contributed by atoms with Crippen LogP contribution in [0.3, 0.4) is 0 Å². The Bertz CT molecular complexity index is 524. The maximum atomic E-state index is 4.51. The van der Waals surface area contributed by atoms with Crippen LogP contribution in [-0.2, 0) is 0 Å². The summed E-state index contributed by atoms with van der Waals surface area (Å²) in [5.41, 5.74) is 0. The number of nitrogens with one attached hydrogen (secondary N) is 1. The van der Waals surface area contributed by atoms with Crippen molar-refractivity contribution in [3.05, 3.63) is 17.8 Å². The fourth-order valence-electron chi connectivity index (χ4n) is 2.64. The highest BCUT2D eigenvalue weighted by Gasteiger charge is 2.26. The third-order valence-corrected chi connectivity index (χ3v) is 4.34. The standard InChI is InChI=1S/C13H18N4S/c1-2-14-8-10-4-3-6-17(10)12-11-5-7-18-13(11)16-9-15-12/h5,7,9-10,14H,2-4,6,8H2,1H3. The first-order chi connectivity index (χ1) is 8.90. The van der Waals surface area contributed by atoms with E-state index in [0.29, 0.717) is 6.04 Å². The summed E-state index contributed by atoms with van der Waals surface area (Å²) in [5, 5.41) is 6.74. The van der Waals surface area contributed by atoms with E-state index in [-0.39, 0.29) is 0 Å². The van der Waals surface area contributed by atoms with Gasteiger partial charge in [-0.3, -0.25) is 0 Å². The lowest BCUT2D eigenvalue weighted by molar-refractivity contribution is 0.585. The van der Waals surface area contributed by atoms with Gasteiger partial charge in [0.25, 0.3) is 0 Å². The number of thiophene rings is 1. The molecule has 1 atom stereocenters. The quantitative estimate of drug-likeness (QED) is 0.917. The summed E-state index contributed by atoms with van der Waals surface area (Å²) in [6.45, 7) is 5.34. The van der Waals surface area contributed by atoms with Crippen LogP contribution in [0.1, 0.15) is 19.8 Å². The number of anilines is 1. The van der Waals surface area contributed by atoms with Crippen LogP contribution in [0.4, 0.5) is 5.82 Å². The van der Waals surface area contributed by atoms with Crippen molar-refractivity contribution < 1.29 is 0 Å². The van der Waals surface area contributed by atoms with Crippen LogP contribution in [0, 0.1) is 0 Å². The van der Waals surface area contributed by atoms with E-state index in [0.717, 1.165) is 30.3 Å². The van der Waals surface area contributed by atoms with Crippen molar-refractivity contribution in [2.24, 2.45) is 0 Å². The Labute approximate surface area is 111 Å². The van der Waals surface area contributed by atoms with Gasteiger partial charge in [-0.1, -0.05) is 6.92 Å². The SMILES string of the molecule is CCNCC1CCCN1c1ncnc2sccc12. The zero-order valence-corrected chi connectivity index (χ0v) is 11.4. The molecule has 0 saturated carbocycles. The second-order valence-corrected chi connectivity index (χ2v) is 5.53. The van der Waals surface area contributed by atoms with Crippen LogP contribution < -0.4 is 10.2 Å². The molecule has 1 fully saturated rings. The summed E-state index contributed by atoms with van der Waals surface area (Å²) in [6.07, 6.45) is 4.20. The van der Waals surface area contributed by atoms with Crippen LogP contribution in [0.2, 0.25) is 0 Å². The second kappa shape index (κ2) is 5.20. The molecule has 1 aliphatic heterocycles. The molecule has 1 unspecified atom stereocenters. The van der Waals surface area contributed by atoms with Gasteiger partial charge >= 0.3 is 0 Å². The van der Waals surface area contributed by atoms with Crippen LogP contribution >= 0.6 is 11.3 Å². The summed E-state index contributed by atoms with van der Waals surface area (Å²) in [7, 11) is 0. The van der Waals surface area contributed by atoms with E-state index in [4.69, 9.17) is 0 Å². The van der Waals surface area contributed by atoms with Crippen LogP contribution in [0.25, 0.3) is 10.2 Å². The highest BCUT2D eigenvalue weighted by Crippen LogP contribution is 2.31. The second-order valence-electron chi connectivity index (χ2n) is 4.63. The predicted octanol–water partition coefficient (Wildman–Crippen LogP) is 2.27. The Morgan fingerprint density at radius 2 is 2.44 bits per heavy atom. The van der Waals surface area contributed by atoms with Gasteiger partial charge in [0.1, 0.15) is 17.0 Å². The van der Waals surface area contributed by atoms with E-state index in [1.807, 2.05) is 0 Å². The lowest BCUT2D eigenvalue weighted by Crippen LogP contribution is -2.38. The summed E-state index contributed by atoms with van der Waals surface area (Å²) in [5.74, 6) is 1.11. The minimum absolute atomic E-state index is 0.572. The minimum atomic E-state index is 0.572. The molecule has 96 valence electrons. The molecular formula is C13H18N4S. The Morgan fingerprint density at radius 1 is 1.50 bits per heavy atom. The Balaban J connectivity index is 1.90. The van der Waals surface area contributed by atoms with Crippen molar-refractivity contribution in [3.8, 4) is 0 Å².